The van der Waals surface area contributed by atoms with Gasteiger partial charge in [0.2, 0.25) is 0 Å². The van der Waals surface area contributed by atoms with Crippen LogP contribution in [-0.2, 0) is 0 Å². The minimum atomic E-state index is -0.402. The number of nitrogens with one attached hydrogen (secondary N) is 1. The Balaban J connectivity index is 2.22. The van der Waals surface area contributed by atoms with Crippen LogP contribution in [-0.4, -0.2) is 12.5 Å². The minimum absolute atomic E-state index is 0.0214. The van der Waals surface area contributed by atoms with Crippen LogP contribution in [0.15, 0.2) is 39.5 Å². The van der Waals surface area contributed by atoms with Crippen molar-refractivity contribution < 1.29 is 9.21 Å². The van der Waals surface area contributed by atoms with Crippen molar-refractivity contribution in [3.63, 3.8) is 0 Å². The number of amides is 1. The first-order valence-electron chi connectivity index (χ1n) is 5.93. The van der Waals surface area contributed by atoms with Crippen molar-refractivity contribution in [3.8, 4) is 11.8 Å². The Kier molecular flexibility index (Phi) is 3.99. The summed E-state index contributed by atoms with van der Waals surface area (Å²) >= 11 is 0. The van der Waals surface area contributed by atoms with Gasteiger partial charge >= 0.3 is 0 Å². The van der Waals surface area contributed by atoms with E-state index in [1.165, 1.54) is 6.07 Å². The van der Waals surface area contributed by atoms with E-state index in [2.05, 4.69) is 17.2 Å². The lowest BCUT2D eigenvalue weighted by molar-refractivity contribution is 0.0927. The summed E-state index contributed by atoms with van der Waals surface area (Å²) in [5, 5.41) is 3.12. The molecule has 2 aromatic rings. The summed E-state index contributed by atoms with van der Waals surface area (Å²) in [5.74, 6) is 5.20. The van der Waals surface area contributed by atoms with Gasteiger partial charge in [0, 0.05) is 19.0 Å². The number of rotatable bonds is 3. The second-order valence-electron chi connectivity index (χ2n) is 3.90. The van der Waals surface area contributed by atoms with E-state index in [1.807, 2.05) is 0 Å². The van der Waals surface area contributed by atoms with Crippen LogP contribution in [0.25, 0.3) is 11.0 Å². The zero-order chi connectivity index (χ0) is 13.7. The molecule has 19 heavy (non-hydrogen) atoms. The molecule has 1 aromatic heterocycles. The molecular weight excluding hydrogens is 242 g/mol. The van der Waals surface area contributed by atoms with Gasteiger partial charge in [0.25, 0.3) is 5.91 Å². The lowest BCUT2D eigenvalue weighted by Crippen LogP contribution is -2.25. The molecule has 4 heteroatoms. The van der Waals surface area contributed by atoms with Crippen molar-refractivity contribution in [2.45, 2.75) is 13.3 Å². The fourth-order valence-electron chi connectivity index (χ4n) is 1.67. The molecule has 0 radical (unpaired) electrons. The fraction of sp³-hybridized carbons (Fsp3) is 0.200. The largest absolute Gasteiger partial charge is 0.451 e. The van der Waals surface area contributed by atoms with Crippen LogP contribution < -0.4 is 10.7 Å². The van der Waals surface area contributed by atoms with Crippen molar-refractivity contribution >= 4 is 16.9 Å². The van der Waals surface area contributed by atoms with E-state index in [4.69, 9.17) is 4.42 Å². The summed E-state index contributed by atoms with van der Waals surface area (Å²) in [7, 11) is 0. The maximum Gasteiger partial charge on any atom is 0.287 e. The normalized spacial score (nSPS) is 9.74. The van der Waals surface area contributed by atoms with Gasteiger partial charge in [-0.15, -0.1) is 11.8 Å². The molecule has 0 aliphatic rings. The Hall–Kier alpha value is -2.54. The van der Waals surface area contributed by atoms with E-state index in [1.54, 1.807) is 31.2 Å². The Morgan fingerprint density at radius 2 is 2.16 bits per heavy atom. The molecule has 1 heterocycles. The van der Waals surface area contributed by atoms with Crippen molar-refractivity contribution in [1.82, 2.24) is 5.32 Å². The average molecular weight is 255 g/mol. The number of para-hydroxylation sites is 1. The minimum Gasteiger partial charge on any atom is -0.451 e. The van der Waals surface area contributed by atoms with Gasteiger partial charge in [-0.05, 0) is 19.1 Å². The van der Waals surface area contributed by atoms with Crippen molar-refractivity contribution in [1.29, 1.82) is 0 Å². The van der Waals surface area contributed by atoms with Crippen LogP contribution in [0.2, 0.25) is 0 Å². The molecule has 2 rings (SSSR count). The Morgan fingerprint density at radius 1 is 1.37 bits per heavy atom. The second-order valence-corrected chi connectivity index (χ2v) is 3.90. The Morgan fingerprint density at radius 3 is 2.95 bits per heavy atom. The second kappa shape index (κ2) is 5.87. The SMILES string of the molecule is CC#CCCNC(=O)c1cc(=O)c2ccccc2o1. The number of benzene rings is 1. The number of carbonyl (C=O) groups is 1. The zero-order valence-corrected chi connectivity index (χ0v) is 10.5. The molecule has 0 saturated heterocycles. The van der Waals surface area contributed by atoms with Crippen molar-refractivity contribution in [2.24, 2.45) is 0 Å². The summed E-state index contributed by atoms with van der Waals surface area (Å²) in [6.45, 7) is 2.17. The molecule has 0 spiro atoms. The van der Waals surface area contributed by atoms with Crippen LogP contribution >= 0.6 is 0 Å². The van der Waals surface area contributed by atoms with Gasteiger partial charge in [-0.2, -0.15) is 0 Å². The van der Waals surface area contributed by atoms with Crippen LogP contribution in [0.1, 0.15) is 23.9 Å². The monoisotopic (exact) mass is 255 g/mol. The average Bonchev–Trinajstić information content (AvgIpc) is 2.43. The van der Waals surface area contributed by atoms with Gasteiger partial charge in [-0.1, -0.05) is 12.1 Å². The maximum absolute atomic E-state index is 11.8. The van der Waals surface area contributed by atoms with E-state index >= 15 is 0 Å². The molecular formula is C15H13NO3. The molecule has 0 atom stereocenters. The predicted octanol–water partition coefficient (Wildman–Crippen LogP) is 1.94. The Labute approximate surface area is 110 Å². The molecule has 0 unspecified atom stereocenters. The molecule has 0 fully saturated rings. The number of fused-ring (bicyclic) bond motifs is 1. The van der Waals surface area contributed by atoms with E-state index in [0.29, 0.717) is 23.9 Å². The highest BCUT2D eigenvalue weighted by Crippen LogP contribution is 2.11. The van der Waals surface area contributed by atoms with Gasteiger partial charge in [0.1, 0.15) is 5.58 Å². The Bertz CT molecular complexity index is 719. The highest BCUT2D eigenvalue weighted by Gasteiger charge is 2.11. The van der Waals surface area contributed by atoms with Gasteiger partial charge in [0.15, 0.2) is 11.2 Å². The van der Waals surface area contributed by atoms with Crippen molar-refractivity contribution in [3.05, 3.63) is 46.3 Å². The molecule has 1 N–H and O–H groups in total. The van der Waals surface area contributed by atoms with Gasteiger partial charge in [-0.25, -0.2) is 0 Å². The molecule has 4 nitrogen and oxygen atoms in total. The van der Waals surface area contributed by atoms with Gasteiger partial charge in [-0.3, -0.25) is 9.59 Å². The molecule has 0 saturated carbocycles. The van der Waals surface area contributed by atoms with E-state index in [9.17, 15) is 9.59 Å². The zero-order valence-electron chi connectivity index (χ0n) is 10.5. The highest BCUT2D eigenvalue weighted by molar-refractivity contribution is 5.93. The highest BCUT2D eigenvalue weighted by atomic mass is 16.3. The molecule has 0 bridgehead atoms. The smallest absolute Gasteiger partial charge is 0.287 e. The molecule has 0 aliphatic heterocycles. The fourth-order valence-corrected chi connectivity index (χ4v) is 1.67. The standard InChI is InChI=1S/C15H13NO3/c1-2-3-6-9-16-15(18)14-10-12(17)11-7-4-5-8-13(11)19-14/h4-5,7-8,10H,6,9H2,1H3,(H,16,18). The first-order chi connectivity index (χ1) is 9.22. The first kappa shape index (κ1) is 12.9. The predicted molar refractivity (Wildman–Crippen MR) is 72.9 cm³/mol. The molecule has 0 aliphatic carbocycles. The van der Waals surface area contributed by atoms with Crippen LogP contribution in [0, 0.1) is 11.8 Å². The van der Waals surface area contributed by atoms with Gasteiger partial charge < -0.3 is 9.73 Å². The number of hydrogen-bond acceptors (Lipinski definition) is 3. The van der Waals surface area contributed by atoms with E-state index in [0.717, 1.165) is 0 Å². The maximum atomic E-state index is 11.8. The molecule has 1 amide bonds. The number of hydrogen-bond donors (Lipinski definition) is 1. The quantitative estimate of drug-likeness (QED) is 0.673. The third-order valence-electron chi connectivity index (χ3n) is 2.57. The topological polar surface area (TPSA) is 59.3 Å². The third kappa shape index (κ3) is 3.02. The van der Waals surface area contributed by atoms with Crippen molar-refractivity contribution in [2.75, 3.05) is 6.54 Å². The summed E-state index contributed by atoms with van der Waals surface area (Å²) in [5.41, 5.74) is 0.189. The van der Waals surface area contributed by atoms with E-state index in [-0.39, 0.29) is 11.2 Å². The van der Waals surface area contributed by atoms with Gasteiger partial charge in [0.05, 0.1) is 5.39 Å². The van der Waals surface area contributed by atoms with Crippen LogP contribution in [0.4, 0.5) is 0 Å². The number of carbonyl (C=O) groups excluding carboxylic acids is 1. The summed E-state index contributed by atoms with van der Waals surface area (Å²) in [6.07, 6.45) is 0.569. The molecule has 1 aromatic carbocycles. The third-order valence-corrected chi connectivity index (χ3v) is 2.57. The lowest BCUT2D eigenvalue weighted by Gasteiger charge is -2.03. The molecule has 96 valence electrons. The summed E-state index contributed by atoms with van der Waals surface area (Å²) in [4.78, 5) is 23.6. The van der Waals surface area contributed by atoms with E-state index < -0.39 is 5.91 Å². The summed E-state index contributed by atoms with van der Waals surface area (Å²) < 4.78 is 5.41. The van der Waals surface area contributed by atoms with Crippen LogP contribution in [0.3, 0.4) is 0 Å². The lowest BCUT2D eigenvalue weighted by atomic mass is 10.2. The van der Waals surface area contributed by atoms with Crippen LogP contribution in [0.5, 0.6) is 0 Å². The first-order valence-corrected chi connectivity index (χ1v) is 5.93. The summed E-state index contributed by atoms with van der Waals surface area (Å²) in [6, 6.07) is 8.05.